The summed E-state index contributed by atoms with van der Waals surface area (Å²) in [7, 11) is 0. The van der Waals surface area contributed by atoms with Crippen LogP contribution in [0.4, 0.5) is 0 Å². The van der Waals surface area contributed by atoms with Crippen LogP contribution in [0.1, 0.15) is 122 Å². The minimum atomic E-state index is -1.72. The van der Waals surface area contributed by atoms with Gasteiger partial charge in [0.25, 0.3) is 0 Å². The van der Waals surface area contributed by atoms with Gasteiger partial charge in [0.15, 0.2) is 6.04 Å². The number of fused-ring (bicyclic) bond motifs is 6. The molecule has 386 valence electrons. The maximum absolute atomic E-state index is 15.6. The number of allylic oxidation sites excluding steroid dienone is 1. The monoisotopic (exact) mass is 990 g/mol. The number of benzene rings is 3. The Morgan fingerprint density at radius 1 is 0.889 bits per heavy atom. The summed E-state index contributed by atoms with van der Waals surface area (Å²) in [5.41, 5.74) is 2.36. The summed E-state index contributed by atoms with van der Waals surface area (Å²) in [6.45, 7) is 13.2. The number of hydroxylamine groups is 2. The predicted octanol–water partition coefficient (Wildman–Crippen LogP) is 6.41. The summed E-state index contributed by atoms with van der Waals surface area (Å²) in [6.07, 6.45) is 2.20. The van der Waals surface area contributed by atoms with Gasteiger partial charge in [-0.05, 0) is 102 Å². The summed E-state index contributed by atoms with van der Waals surface area (Å²) in [5.74, 6) is -3.21. The summed E-state index contributed by atoms with van der Waals surface area (Å²) < 4.78 is 32.3. The van der Waals surface area contributed by atoms with Gasteiger partial charge in [-0.2, -0.15) is 5.06 Å². The van der Waals surface area contributed by atoms with E-state index in [0.717, 1.165) is 43.2 Å². The number of hydrogen-bond acceptors (Lipinski definition) is 13. The molecule has 72 heavy (non-hydrogen) atoms. The lowest BCUT2D eigenvalue weighted by Crippen LogP contribution is -2.71. The lowest BCUT2D eigenvalue weighted by atomic mass is 9.52. The normalized spacial score (nSPS) is 33.7. The molecule has 3 aromatic carbocycles. The van der Waals surface area contributed by atoms with Gasteiger partial charge in [-0.25, -0.2) is 0 Å². The van der Waals surface area contributed by atoms with Gasteiger partial charge in [-0.1, -0.05) is 110 Å². The Hall–Kier alpha value is -5.00. The zero-order valence-electron chi connectivity index (χ0n) is 42.5. The van der Waals surface area contributed by atoms with Crippen LogP contribution < -0.4 is 10.6 Å². The van der Waals surface area contributed by atoms with Crippen LogP contribution in [-0.4, -0.2) is 112 Å². The summed E-state index contributed by atoms with van der Waals surface area (Å²) >= 11 is 0. The highest BCUT2D eigenvalue weighted by Gasteiger charge is 2.77. The standard InChI is InChI=1S/C57H71N3O12/c1-33(62)45(50(64)58-39(32-61)23-25-44(63)69-53(2,3)4)59-52(66)56-30-42-46-47(71-57(70-46,37-18-10-8-11-19-37)38-20-12-9-13-21-38)49(56)72-60(48(56)51(65)67-42)31-36-17-15-14-16-34(36)28-35-22-24-43-55(7,68-43)27-26-41-40(35)29-54(41,5)6/h8-21,28,33,39-43,45-49,61-62H,22-27,29-32H2,1-7H3,(H,58,64)(H,59,66)/t33-,39-,40+,41+,42+,43?,45+,46-,47-,48-,49+,55+,56-/m0/s1. The molecular weight excluding hydrogens is 919 g/mol. The molecule has 4 saturated heterocycles. The van der Waals surface area contributed by atoms with Crippen molar-refractivity contribution in [3.05, 3.63) is 113 Å². The Kier molecular flexibility index (Phi) is 13.4. The van der Waals surface area contributed by atoms with Crippen molar-refractivity contribution in [3.63, 3.8) is 0 Å². The molecule has 2 amide bonds. The summed E-state index contributed by atoms with van der Waals surface area (Å²) in [4.78, 5) is 64.2. The number of carbonyl (C=O) groups is 4. The van der Waals surface area contributed by atoms with Crippen molar-refractivity contribution in [2.75, 3.05) is 6.61 Å². The minimum absolute atomic E-state index is 0.0404. The predicted molar refractivity (Wildman–Crippen MR) is 264 cm³/mol. The van der Waals surface area contributed by atoms with E-state index < -0.39 is 95.8 Å². The van der Waals surface area contributed by atoms with E-state index in [-0.39, 0.29) is 42.9 Å². The lowest BCUT2D eigenvalue weighted by molar-refractivity contribution is -0.213. The molecule has 13 atom stereocenters. The number of epoxide rings is 1. The lowest BCUT2D eigenvalue weighted by Gasteiger charge is -2.53. The highest BCUT2D eigenvalue weighted by molar-refractivity contribution is 5.96. The molecule has 0 radical (unpaired) electrons. The van der Waals surface area contributed by atoms with Crippen molar-refractivity contribution in [2.24, 2.45) is 22.7 Å². The second kappa shape index (κ2) is 19.0. The highest BCUT2D eigenvalue weighted by atomic mass is 16.8. The molecule has 1 unspecified atom stereocenters. The number of amides is 2. The van der Waals surface area contributed by atoms with Gasteiger partial charge in [0, 0.05) is 24.0 Å². The maximum Gasteiger partial charge on any atom is 0.327 e. The van der Waals surface area contributed by atoms with Gasteiger partial charge in [0.1, 0.15) is 41.5 Å². The van der Waals surface area contributed by atoms with Crippen molar-refractivity contribution in [2.45, 2.75) is 178 Å². The van der Waals surface area contributed by atoms with Crippen molar-refractivity contribution in [3.8, 4) is 0 Å². The van der Waals surface area contributed by atoms with Gasteiger partial charge in [0.2, 0.25) is 17.6 Å². The van der Waals surface area contributed by atoms with Gasteiger partial charge >= 0.3 is 11.9 Å². The average Bonchev–Trinajstić information content (AvgIpc) is 3.61. The van der Waals surface area contributed by atoms with E-state index in [0.29, 0.717) is 23.0 Å². The Labute approximate surface area is 422 Å². The van der Waals surface area contributed by atoms with E-state index in [1.807, 2.05) is 78.9 Å². The largest absolute Gasteiger partial charge is 0.460 e. The SMILES string of the molecule is C[C@H](O)[C@@H](NC(=O)[C@@]12C[C@H]3OC(=O)[C@@H]1N(Cc1ccccc1C=C1CCC4O[C@]4(C)CC[C@@H]4[C@@H]1CC4(C)C)O[C@@H]2[C@H]1OC(c2ccccc2)(c2ccccc2)O[C@H]13)C(=O)N[C@H](CO)CCC(=O)OC(C)(C)C. The molecular formula is C57H71N3O12. The molecule has 7 fully saturated rings. The maximum atomic E-state index is 15.6. The number of nitrogens with zero attached hydrogens (tertiary/aromatic N) is 1. The molecule has 3 aliphatic carbocycles. The van der Waals surface area contributed by atoms with Crippen LogP contribution in [0.2, 0.25) is 0 Å². The number of esters is 2. The third kappa shape index (κ3) is 9.21. The average molecular weight is 990 g/mol. The van der Waals surface area contributed by atoms with E-state index in [1.165, 1.54) is 12.5 Å². The topological polar surface area (TPSA) is 195 Å². The molecule has 15 heteroatoms. The van der Waals surface area contributed by atoms with E-state index in [1.54, 1.807) is 25.8 Å². The third-order valence-corrected chi connectivity index (χ3v) is 16.7. The molecule has 3 aromatic rings. The number of carbonyl (C=O) groups excluding carboxylic acids is 4. The Balaban J connectivity index is 0.994. The fourth-order valence-electron chi connectivity index (χ4n) is 12.9. The second-order valence-corrected chi connectivity index (χ2v) is 23.3. The van der Waals surface area contributed by atoms with E-state index in [9.17, 15) is 24.6 Å². The molecule has 10 rings (SSSR count). The molecule has 4 N–H and O–H groups in total. The quantitative estimate of drug-likeness (QED) is 0.102. The highest BCUT2D eigenvalue weighted by Crippen LogP contribution is 2.61. The second-order valence-electron chi connectivity index (χ2n) is 23.3. The molecule has 0 spiro atoms. The summed E-state index contributed by atoms with van der Waals surface area (Å²) in [5, 5.41) is 28.6. The first-order valence-corrected chi connectivity index (χ1v) is 25.9. The van der Waals surface area contributed by atoms with Gasteiger partial charge < -0.3 is 44.5 Å². The molecule has 3 saturated carbocycles. The molecule has 4 heterocycles. The first-order chi connectivity index (χ1) is 34.2. The molecule has 2 bridgehead atoms. The first-order valence-electron chi connectivity index (χ1n) is 25.9. The van der Waals surface area contributed by atoms with Gasteiger partial charge in [-0.3, -0.25) is 24.0 Å². The summed E-state index contributed by atoms with van der Waals surface area (Å²) in [6, 6.07) is 23.3. The number of aliphatic hydroxyl groups is 2. The Bertz CT molecular complexity index is 2520. The number of nitrogens with one attached hydrogen (secondary N) is 2. The van der Waals surface area contributed by atoms with Crippen LogP contribution in [0.5, 0.6) is 0 Å². The Morgan fingerprint density at radius 2 is 1.56 bits per heavy atom. The number of rotatable bonds is 14. The van der Waals surface area contributed by atoms with Gasteiger partial charge in [-0.15, -0.1) is 0 Å². The van der Waals surface area contributed by atoms with Crippen LogP contribution >= 0.6 is 0 Å². The fourth-order valence-corrected chi connectivity index (χ4v) is 12.9. The third-order valence-electron chi connectivity index (χ3n) is 16.7. The fraction of sp³-hybridized carbons (Fsp3) is 0.579. The van der Waals surface area contributed by atoms with Crippen molar-refractivity contribution >= 4 is 29.8 Å². The van der Waals surface area contributed by atoms with Crippen molar-refractivity contribution < 1.29 is 57.9 Å². The molecule has 0 aromatic heterocycles. The zero-order chi connectivity index (χ0) is 51.0. The smallest absolute Gasteiger partial charge is 0.327 e. The number of aliphatic hydroxyl groups excluding tert-OH is 2. The molecule has 15 nitrogen and oxygen atoms in total. The van der Waals surface area contributed by atoms with Gasteiger partial charge in [0.05, 0.1) is 37.0 Å². The molecule has 4 aliphatic heterocycles. The number of ether oxygens (including phenoxy) is 5. The van der Waals surface area contributed by atoms with Crippen molar-refractivity contribution in [1.82, 2.24) is 15.7 Å². The first kappa shape index (κ1) is 50.5. The van der Waals surface area contributed by atoms with Crippen LogP contribution in [0.15, 0.2) is 90.5 Å². The van der Waals surface area contributed by atoms with Crippen LogP contribution in [0, 0.1) is 22.7 Å². The number of hydrogen-bond donors (Lipinski definition) is 4. The van der Waals surface area contributed by atoms with E-state index in [4.69, 9.17) is 28.5 Å². The Morgan fingerprint density at radius 3 is 2.21 bits per heavy atom. The van der Waals surface area contributed by atoms with Crippen LogP contribution in [0.3, 0.4) is 0 Å². The van der Waals surface area contributed by atoms with Crippen LogP contribution in [-0.2, 0) is 60.0 Å². The van der Waals surface area contributed by atoms with E-state index >= 15 is 4.79 Å². The molecule has 7 aliphatic rings. The van der Waals surface area contributed by atoms with Crippen LogP contribution in [0.25, 0.3) is 6.08 Å². The van der Waals surface area contributed by atoms with E-state index in [2.05, 4.69) is 43.5 Å². The van der Waals surface area contributed by atoms with Crippen molar-refractivity contribution in [1.29, 1.82) is 0 Å². The zero-order valence-corrected chi connectivity index (χ0v) is 42.5. The minimum Gasteiger partial charge on any atom is -0.460 e.